The molecule has 2 aromatic heterocycles. The SMILES string of the molecule is COC(=O)c1ccc(NC(=O)Nc2ccc(SCc3cc(=O)n4oc(C)cc4n3)cc2)cc1. The van der Waals surface area contributed by atoms with Gasteiger partial charge in [-0.25, -0.2) is 14.6 Å². The predicted octanol–water partition coefficient (Wildman–Crippen LogP) is 4.32. The van der Waals surface area contributed by atoms with Crippen molar-refractivity contribution in [3.05, 3.63) is 88.0 Å². The number of carbonyl (C=O) groups excluding carboxylic acids is 2. The Morgan fingerprint density at radius 3 is 2.30 bits per heavy atom. The quantitative estimate of drug-likeness (QED) is 0.323. The van der Waals surface area contributed by atoms with Gasteiger partial charge in [-0.15, -0.1) is 16.3 Å². The number of methoxy groups -OCH3 is 1. The van der Waals surface area contributed by atoms with E-state index < -0.39 is 12.0 Å². The number of aromatic nitrogens is 2. The van der Waals surface area contributed by atoms with E-state index in [4.69, 9.17) is 4.52 Å². The average molecular weight is 465 g/mol. The van der Waals surface area contributed by atoms with E-state index in [0.29, 0.717) is 39.8 Å². The lowest BCUT2D eigenvalue weighted by atomic mass is 10.2. The van der Waals surface area contributed by atoms with Crippen molar-refractivity contribution in [2.45, 2.75) is 17.6 Å². The van der Waals surface area contributed by atoms with Gasteiger partial charge in [0.2, 0.25) is 0 Å². The van der Waals surface area contributed by atoms with Crippen LogP contribution >= 0.6 is 11.8 Å². The fourth-order valence-electron chi connectivity index (χ4n) is 3.04. The monoisotopic (exact) mass is 464 g/mol. The minimum Gasteiger partial charge on any atom is -0.465 e. The Morgan fingerprint density at radius 2 is 1.67 bits per heavy atom. The Balaban J connectivity index is 1.32. The minimum atomic E-state index is -0.441. The maximum atomic E-state index is 12.2. The van der Waals surface area contributed by atoms with Crippen LogP contribution in [0.25, 0.3) is 5.65 Å². The summed E-state index contributed by atoms with van der Waals surface area (Å²) >= 11 is 1.53. The van der Waals surface area contributed by atoms with Crippen LogP contribution in [0, 0.1) is 6.92 Å². The zero-order valence-corrected chi connectivity index (χ0v) is 18.6. The van der Waals surface area contributed by atoms with Crippen molar-refractivity contribution >= 4 is 40.8 Å². The number of aryl methyl sites for hydroxylation is 1. The van der Waals surface area contributed by atoms with E-state index in [1.54, 1.807) is 49.4 Å². The van der Waals surface area contributed by atoms with Gasteiger partial charge in [0, 0.05) is 34.2 Å². The largest absolute Gasteiger partial charge is 0.465 e. The molecule has 4 rings (SSSR count). The third-order valence-electron chi connectivity index (χ3n) is 4.59. The van der Waals surface area contributed by atoms with Crippen LogP contribution < -0.4 is 16.2 Å². The maximum Gasteiger partial charge on any atom is 0.337 e. The first kappa shape index (κ1) is 22.2. The van der Waals surface area contributed by atoms with E-state index in [2.05, 4.69) is 20.4 Å². The Labute approximate surface area is 192 Å². The van der Waals surface area contributed by atoms with Gasteiger partial charge in [-0.2, -0.15) is 0 Å². The van der Waals surface area contributed by atoms with Crippen molar-refractivity contribution in [1.82, 2.24) is 9.56 Å². The molecule has 0 saturated carbocycles. The number of nitrogens with zero attached hydrogens (tertiary/aromatic N) is 2. The number of nitrogens with one attached hydrogen (secondary N) is 2. The van der Waals surface area contributed by atoms with Crippen LogP contribution in [0.2, 0.25) is 0 Å². The second-order valence-corrected chi connectivity index (χ2v) is 8.09. The molecular formula is C23H20N4O5S. The van der Waals surface area contributed by atoms with Gasteiger partial charge < -0.3 is 19.9 Å². The second kappa shape index (κ2) is 9.61. The Bertz CT molecular complexity index is 1360. The zero-order chi connectivity index (χ0) is 23.4. The van der Waals surface area contributed by atoms with Gasteiger partial charge in [0.05, 0.1) is 18.4 Å². The number of hydrogen-bond donors (Lipinski definition) is 2. The maximum absolute atomic E-state index is 12.2. The molecule has 2 heterocycles. The first-order valence-electron chi connectivity index (χ1n) is 9.90. The predicted molar refractivity (Wildman–Crippen MR) is 125 cm³/mol. The highest BCUT2D eigenvalue weighted by Crippen LogP contribution is 2.24. The second-order valence-electron chi connectivity index (χ2n) is 7.05. The fourth-order valence-corrected chi connectivity index (χ4v) is 3.83. The lowest BCUT2D eigenvalue weighted by Crippen LogP contribution is -2.19. The lowest BCUT2D eigenvalue weighted by molar-refractivity contribution is 0.0600. The van der Waals surface area contributed by atoms with E-state index in [-0.39, 0.29) is 5.56 Å². The topological polar surface area (TPSA) is 115 Å². The highest BCUT2D eigenvalue weighted by atomic mass is 32.2. The van der Waals surface area contributed by atoms with Gasteiger partial charge >= 0.3 is 12.0 Å². The summed E-state index contributed by atoms with van der Waals surface area (Å²) in [6.45, 7) is 1.76. The number of urea groups is 1. The number of thioether (sulfide) groups is 1. The molecule has 0 bridgehead atoms. The average Bonchev–Trinajstić information content (AvgIpc) is 3.19. The van der Waals surface area contributed by atoms with Gasteiger partial charge in [0.15, 0.2) is 5.65 Å². The molecule has 0 aliphatic carbocycles. The molecule has 10 heteroatoms. The van der Waals surface area contributed by atoms with Crippen molar-refractivity contribution in [2.75, 3.05) is 17.7 Å². The minimum absolute atomic E-state index is 0.255. The number of rotatable bonds is 6. The Hall–Kier alpha value is -4.05. The highest BCUT2D eigenvalue weighted by Gasteiger charge is 2.09. The van der Waals surface area contributed by atoms with Crippen LogP contribution in [0.3, 0.4) is 0 Å². The molecular weight excluding hydrogens is 444 g/mol. The van der Waals surface area contributed by atoms with E-state index in [0.717, 1.165) is 4.90 Å². The number of anilines is 2. The smallest absolute Gasteiger partial charge is 0.337 e. The molecule has 0 radical (unpaired) electrons. The molecule has 0 atom stereocenters. The van der Waals surface area contributed by atoms with Crippen molar-refractivity contribution in [3.63, 3.8) is 0 Å². The van der Waals surface area contributed by atoms with Crippen LogP contribution in [0.1, 0.15) is 21.8 Å². The molecule has 0 aliphatic heterocycles. The molecule has 0 saturated heterocycles. The van der Waals surface area contributed by atoms with E-state index in [1.165, 1.54) is 29.5 Å². The third-order valence-corrected chi connectivity index (χ3v) is 5.63. The molecule has 0 fully saturated rings. The number of esters is 1. The molecule has 4 aromatic rings. The molecule has 2 N–H and O–H groups in total. The molecule has 168 valence electrons. The van der Waals surface area contributed by atoms with Gasteiger partial charge in [-0.1, -0.05) is 0 Å². The number of benzene rings is 2. The third kappa shape index (κ3) is 5.42. The van der Waals surface area contributed by atoms with Gasteiger partial charge in [0.25, 0.3) is 5.56 Å². The van der Waals surface area contributed by atoms with Crippen molar-refractivity contribution in [1.29, 1.82) is 0 Å². The van der Waals surface area contributed by atoms with E-state index in [9.17, 15) is 14.4 Å². The van der Waals surface area contributed by atoms with Crippen LogP contribution in [-0.4, -0.2) is 28.7 Å². The van der Waals surface area contributed by atoms with Crippen molar-refractivity contribution in [3.8, 4) is 0 Å². The van der Waals surface area contributed by atoms with Gasteiger partial charge in [-0.3, -0.25) is 4.79 Å². The first-order chi connectivity index (χ1) is 15.9. The molecule has 0 unspecified atom stereocenters. The summed E-state index contributed by atoms with van der Waals surface area (Å²) < 4.78 is 11.1. The molecule has 2 amide bonds. The number of carbonyl (C=O) groups is 2. The number of fused-ring (bicyclic) bond motifs is 1. The first-order valence-corrected chi connectivity index (χ1v) is 10.9. The summed E-state index contributed by atoms with van der Waals surface area (Å²) in [5, 5.41) is 5.45. The molecule has 0 spiro atoms. The Morgan fingerprint density at radius 1 is 1.03 bits per heavy atom. The summed E-state index contributed by atoms with van der Waals surface area (Å²) in [6, 6.07) is 16.5. The summed E-state index contributed by atoms with van der Waals surface area (Å²) in [7, 11) is 1.31. The molecule has 0 aliphatic rings. The van der Waals surface area contributed by atoms with E-state index >= 15 is 0 Å². The van der Waals surface area contributed by atoms with Crippen LogP contribution in [-0.2, 0) is 10.5 Å². The van der Waals surface area contributed by atoms with E-state index in [1.807, 2.05) is 12.1 Å². The van der Waals surface area contributed by atoms with Gasteiger partial charge in [0.1, 0.15) is 5.76 Å². The van der Waals surface area contributed by atoms with Crippen LogP contribution in [0.4, 0.5) is 16.2 Å². The summed E-state index contributed by atoms with van der Waals surface area (Å²) in [6.07, 6.45) is 0. The molecule has 33 heavy (non-hydrogen) atoms. The summed E-state index contributed by atoms with van der Waals surface area (Å²) in [5.41, 5.74) is 2.45. The zero-order valence-electron chi connectivity index (χ0n) is 17.8. The number of hydrogen-bond acceptors (Lipinski definition) is 7. The number of ether oxygens (including phenoxy) is 1. The Kier molecular flexibility index (Phi) is 6.45. The highest BCUT2D eigenvalue weighted by molar-refractivity contribution is 7.98. The molecule has 2 aromatic carbocycles. The number of amides is 2. The standard InChI is InChI=1S/C23H20N4O5S/c1-14-11-20-24-18(12-21(28)27(20)32-14)13-33-19-9-7-17(8-10-19)26-23(30)25-16-5-3-15(4-6-16)22(29)31-2/h3-12H,13H2,1-2H3,(H2,25,26,30). The van der Waals surface area contributed by atoms with Gasteiger partial charge in [-0.05, 0) is 55.5 Å². The van der Waals surface area contributed by atoms with Crippen LogP contribution in [0.15, 0.2) is 74.9 Å². The summed E-state index contributed by atoms with van der Waals surface area (Å²) in [5.74, 6) is 0.698. The van der Waals surface area contributed by atoms with Crippen molar-refractivity contribution < 1.29 is 18.8 Å². The summed E-state index contributed by atoms with van der Waals surface area (Å²) in [4.78, 5) is 41.2. The lowest BCUT2D eigenvalue weighted by Gasteiger charge is -2.09. The molecule has 9 nitrogen and oxygen atoms in total. The van der Waals surface area contributed by atoms with Crippen LogP contribution in [0.5, 0.6) is 0 Å². The van der Waals surface area contributed by atoms with Crippen molar-refractivity contribution in [2.24, 2.45) is 0 Å². The normalized spacial score (nSPS) is 10.7. The fraction of sp³-hybridized carbons (Fsp3) is 0.130.